The van der Waals surface area contributed by atoms with Crippen LogP contribution in [0, 0.1) is 0 Å². The minimum Gasteiger partial charge on any atom is -0.360 e. The molecular weight excluding hydrogens is 248 g/mol. The Morgan fingerprint density at radius 2 is 1.80 bits per heavy atom. The number of nitrogens with zero attached hydrogens (tertiary/aromatic N) is 2. The van der Waals surface area contributed by atoms with E-state index in [-0.39, 0.29) is 6.04 Å². The smallest absolute Gasteiger partial charge is 0.244 e. The van der Waals surface area contributed by atoms with Gasteiger partial charge in [0.15, 0.2) is 0 Å². The van der Waals surface area contributed by atoms with Crippen molar-refractivity contribution in [2.24, 2.45) is 0 Å². The number of para-hydroxylation sites is 1. The van der Waals surface area contributed by atoms with E-state index in [0.717, 1.165) is 45.3 Å². The molecule has 1 amide bonds. The SMILES string of the molecule is CC(C(=O)N1CCCCC1)N1CCCc2ccccc21. The summed E-state index contributed by atoms with van der Waals surface area (Å²) in [6.45, 7) is 4.95. The lowest BCUT2D eigenvalue weighted by Gasteiger charge is -2.38. The minimum absolute atomic E-state index is 0.0328. The lowest BCUT2D eigenvalue weighted by molar-refractivity contribution is -0.133. The lowest BCUT2D eigenvalue weighted by atomic mass is 9.99. The molecule has 0 aromatic heterocycles. The molecule has 2 aliphatic heterocycles. The molecule has 108 valence electrons. The topological polar surface area (TPSA) is 23.6 Å². The van der Waals surface area contributed by atoms with Crippen LogP contribution in [0.4, 0.5) is 5.69 Å². The zero-order valence-corrected chi connectivity index (χ0v) is 12.3. The summed E-state index contributed by atoms with van der Waals surface area (Å²) >= 11 is 0. The van der Waals surface area contributed by atoms with Crippen LogP contribution in [0.5, 0.6) is 0 Å². The van der Waals surface area contributed by atoms with Crippen LogP contribution in [0.1, 0.15) is 38.2 Å². The number of likely N-dealkylation sites (tertiary alicyclic amines) is 1. The summed E-state index contributed by atoms with van der Waals surface area (Å²) in [4.78, 5) is 17.1. The van der Waals surface area contributed by atoms with Gasteiger partial charge in [-0.15, -0.1) is 0 Å². The standard InChI is InChI=1S/C17H24N2O/c1-14(17(20)18-11-5-2-6-12-18)19-13-7-9-15-8-3-4-10-16(15)19/h3-4,8,10,14H,2,5-7,9,11-13H2,1H3. The van der Waals surface area contributed by atoms with Crippen molar-refractivity contribution in [1.82, 2.24) is 4.90 Å². The van der Waals surface area contributed by atoms with Crippen LogP contribution in [-0.4, -0.2) is 36.5 Å². The van der Waals surface area contributed by atoms with Gasteiger partial charge < -0.3 is 9.80 Å². The molecule has 3 heteroatoms. The Kier molecular flexibility index (Phi) is 3.95. The fourth-order valence-electron chi connectivity index (χ4n) is 3.48. The van der Waals surface area contributed by atoms with Crippen LogP contribution in [0.25, 0.3) is 0 Å². The average Bonchev–Trinajstić information content (AvgIpc) is 2.54. The molecule has 1 unspecified atom stereocenters. The second kappa shape index (κ2) is 5.86. The van der Waals surface area contributed by atoms with E-state index in [1.54, 1.807) is 0 Å². The van der Waals surface area contributed by atoms with Gasteiger partial charge in [-0.2, -0.15) is 0 Å². The highest BCUT2D eigenvalue weighted by Gasteiger charge is 2.29. The second-order valence-corrected chi connectivity index (χ2v) is 5.99. The summed E-state index contributed by atoms with van der Waals surface area (Å²) in [5, 5.41) is 0. The van der Waals surface area contributed by atoms with Crippen LogP contribution >= 0.6 is 0 Å². The Hall–Kier alpha value is -1.51. The number of hydrogen-bond donors (Lipinski definition) is 0. The van der Waals surface area contributed by atoms with Gasteiger partial charge >= 0.3 is 0 Å². The summed E-state index contributed by atoms with van der Waals surface area (Å²) < 4.78 is 0. The molecule has 1 atom stereocenters. The van der Waals surface area contributed by atoms with Crippen molar-refractivity contribution in [1.29, 1.82) is 0 Å². The van der Waals surface area contributed by atoms with Gasteiger partial charge in [-0.25, -0.2) is 0 Å². The van der Waals surface area contributed by atoms with Crippen LogP contribution in [-0.2, 0) is 11.2 Å². The second-order valence-electron chi connectivity index (χ2n) is 5.99. The number of fused-ring (bicyclic) bond motifs is 1. The number of benzene rings is 1. The van der Waals surface area contributed by atoms with E-state index in [2.05, 4.69) is 41.0 Å². The van der Waals surface area contributed by atoms with E-state index in [0.29, 0.717) is 5.91 Å². The van der Waals surface area contributed by atoms with E-state index in [4.69, 9.17) is 0 Å². The molecule has 1 aromatic rings. The van der Waals surface area contributed by atoms with Gasteiger partial charge in [-0.1, -0.05) is 18.2 Å². The monoisotopic (exact) mass is 272 g/mol. The fraction of sp³-hybridized carbons (Fsp3) is 0.588. The first-order valence-corrected chi connectivity index (χ1v) is 7.91. The number of piperidine rings is 1. The van der Waals surface area contributed by atoms with Gasteiger partial charge in [-0.05, 0) is 50.7 Å². The third-order valence-corrected chi connectivity index (χ3v) is 4.64. The first-order chi connectivity index (χ1) is 9.77. The summed E-state index contributed by atoms with van der Waals surface area (Å²) in [6.07, 6.45) is 5.88. The van der Waals surface area contributed by atoms with Crippen molar-refractivity contribution in [2.45, 2.75) is 45.1 Å². The normalized spacial score (nSPS) is 20.4. The molecule has 0 bridgehead atoms. The third kappa shape index (κ3) is 2.54. The van der Waals surface area contributed by atoms with Crippen molar-refractivity contribution in [3.8, 4) is 0 Å². The Balaban J connectivity index is 1.77. The highest BCUT2D eigenvalue weighted by Crippen LogP contribution is 2.29. The van der Waals surface area contributed by atoms with Crippen LogP contribution in [0.15, 0.2) is 24.3 Å². The molecular formula is C17H24N2O. The summed E-state index contributed by atoms with van der Waals surface area (Å²) in [5.41, 5.74) is 2.65. The lowest BCUT2D eigenvalue weighted by Crippen LogP contribution is -2.50. The number of carbonyl (C=O) groups excluding carboxylic acids is 1. The van der Waals surface area contributed by atoms with Gasteiger partial charge in [0.25, 0.3) is 0 Å². The molecule has 2 heterocycles. The van der Waals surface area contributed by atoms with Gasteiger partial charge in [0.1, 0.15) is 6.04 Å². The number of rotatable bonds is 2. The molecule has 1 aromatic carbocycles. The highest BCUT2D eigenvalue weighted by atomic mass is 16.2. The molecule has 0 spiro atoms. The van der Waals surface area contributed by atoms with Crippen molar-refractivity contribution in [3.05, 3.63) is 29.8 Å². The van der Waals surface area contributed by atoms with Crippen molar-refractivity contribution < 1.29 is 4.79 Å². The third-order valence-electron chi connectivity index (χ3n) is 4.64. The quantitative estimate of drug-likeness (QED) is 0.826. The largest absolute Gasteiger partial charge is 0.360 e. The number of aryl methyl sites for hydroxylation is 1. The maximum Gasteiger partial charge on any atom is 0.244 e. The first-order valence-electron chi connectivity index (χ1n) is 7.91. The molecule has 0 saturated carbocycles. The van der Waals surface area contributed by atoms with Crippen molar-refractivity contribution >= 4 is 11.6 Å². The molecule has 0 aliphatic carbocycles. The summed E-state index contributed by atoms with van der Waals surface area (Å²) in [6, 6.07) is 8.50. The molecule has 0 N–H and O–H groups in total. The van der Waals surface area contributed by atoms with E-state index in [1.165, 1.54) is 17.7 Å². The number of hydrogen-bond acceptors (Lipinski definition) is 2. The maximum atomic E-state index is 12.7. The number of anilines is 1. The molecule has 20 heavy (non-hydrogen) atoms. The average molecular weight is 272 g/mol. The van der Waals surface area contributed by atoms with Gasteiger partial charge in [0.2, 0.25) is 5.91 Å². The maximum absolute atomic E-state index is 12.7. The van der Waals surface area contributed by atoms with Crippen LogP contribution in [0.3, 0.4) is 0 Å². The van der Waals surface area contributed by atoms with E-state index < -0.39 is 0 Å². The number of amides is 1. The van der Waals surface area contributed by atoms with Crippen molar-refractivity contribution in [2.75, 3.05) is 24.5 Å². The highest BCUT2D eigenvalue weighted by molar-refractivity contribution is 5.85. The zero-order valence-electron chi connectivity index (χ0n) is 12.3. The van der Waals surface area contributed by atoms with E-state index >= 15 is 0 Å². The van der Waals surface area contributed by atoms with Crippen molar-refractivity contribution in [3.63, 3.8) is 0 Å². The predicted octanol–water partition coefficient (Wildman–Crippen LogP) is 2.84. The van der Waals surface area contributed by atoms with Crippen LogP contribution in [0.2, 0.25) is 0 Å². The summed E-state index contributed by atoms with van der Waals surface area (Å²) in [5.74, 6) is 0.307. The van der Waals surface area contributed by atoms with Crippen LogP contribution < -0.4 is 4.90 Å². The first kappa shape index (κ1) is 13.5. The Morgan fingerprint density at radius 1 is 1.05 bits per heavy atom. The van der Waals surface area contributed by atoms with Gasteiger partial charge in [0, 0.05) is 25.3 Å². The molecule has 2 aliphatic rings. The molecule has 0 radical (unpaired) electrons. The number of carbonyl (C=O) groups is 1. The Bertz CT molecular complexity index is 480. The zero-order chi connectivity index (χ0) is 13.9. The van der Waals surface area contributed by atoms with E-state index in [1.807, 2.05) is 0 Å². The van der Waals surface area contributed by atoms with Gasteiger partial charge in [0.05, 0.1) is 0 Å². The molecule has 1 saturated heterocycles. The molecule has 3 nitrogen and oxygen atoms in total. The fourth-order valence-corrected chi connectivity index (χ4v) is 3.48. The molecule has 1 fully saturated rings. The molecule has 3 rings (SSSR count). The Morgan fingerprint density at radius 3 is 2.60 bits per heavy atom. The van der Waals surface area contributed by atoms with Gasteiger partial charge in [-0.3, -0.25) is 4.79 Å². The Labute approximate surface area is 121 Å². The summed E-state index contributed by atoms with van der Waals surface area (Å²) in [7, 11) is 0. The predicted molar refractivity (Wildman–Crippen MR) is 82.0 cm³/mol. The minimum atomic E-state index is -0.0328. The van der Waals surface area contributed by atoms with E-state index in [9.17, 15) is 4.79 Å².